The maximum atomic E-state index is 6.80. The Balaban J connectivity index is 2.42. The first kappa shape index (κ1) is 22.7. The summed E-state index contributed by atoms with van der Waals surface area (Å²) in [7, 11) is 13.0. The van der Waals surface area contributed by atoms with Crippen LogP contribution in [0.5, 0.6) is 0 Å². The van der Waals surface area contributed by atoms with Crippen LogP contribution in [0.15, 0.2) is 67.1 Å². The van der Waals surface area contributed by atoms with Crippen molar-refractivity contribution < 1.29 is 19.1 Å². The Labute approximate surface area is 187 Å². The molecule has 0 spiro atoms. The molecule has 0 nitrogen and oxygen atoms in total. The summed E-state index contributed by atoms with van der Waals surface area (Å²) in [5, 5.41) is 1.63. The Kier molecular flexibility index (Phi) is 7.28. The molecule has 0 aromatic rings. The third-order valence-corrected chi connectivity index (χ3v) is 14.3. The molecule has 2 unspecified atom stereocenters. The van der Waals surface area contributed by atoms with Crippen molar-refractivity contribution in [1.29, 1.82) is 0 Å². The molecule has 0 aliphatic heterocycles. The number of allylic oxidation sites excluding steroid dienone is 12. The number of halogens is 2. The zero-order chi connectivity index (χ0) is 20.7. The summed E-state index contributed by atoms with van der Waals surface area (Å²) in [6.07, 6.45) is 12.6. The van der Waals surface area contributed by atoms with Crippen LogP contribution in [0.25, 0.3) is 0 Å². The molecular formula is C24H31Cl2HfSi. The maximum absolute atomic E-state index is 6.80. The molecule has 3 rings (SSSR count). The van der Waals surface area contributed by atoms with E-state index in [0.29, 0.717) is 17.8 Å². The second-order valence-electron chi connectivity index (χ2n) is 8.62. The van der Waals surface area contributed by atoms with Gasteiger partial charge in [-0.15, -0.1) is 0 Å². The molecule has 0 amide bonds. The summed E-state index contributed by atoms with van der Waals surface area (Å²) in [5.74, 6) is 1.45. The second-order valence-corrected chi connectivity index (χ2v) is 22.6. The molecule has 2 atom stereocenters. The van der Waals surface area contributed by atoms with Crippen LogP contribution in [-0.4, -0.2) is 13.6 Å². The van der Waals surface area contributed by atoms with E-state index >= 15 is 0 Å². The zero-order valence-corrected chi connectivity index (χ0v) is 24.2. The van der Waals surface area contributed by atoms with E-state index in [4.69, 9.17) is 17.2 Å². The quantitative estimate of drug-likeness (QED) is 0.292. The van der Waals surface area contributed by atoms with Gasteiger partial charge in [-0.05, 0) is 0 Å². The van der Waals surface area contributed by atoms with Crippen molar-refractivity contribution in [1.82, 2.24) is 0 Å². The van der Waals surface area contributed by atoms with Gasteiger partial charge in [-0.3, -0.25) is 0 Å². The molecule has 0 saturated heterocycles. The minimum atomic E-state index is -2.80. The van der Waals surface area contributed by atoms with Crippen molar-refractivity contribution >= 4 is 30.7 Å². The van der Waals surface area contributed by atoms with Gasteiger partial charge in [0.15, 0.2) is 0 Å². The Morgan fingerprint density at radius 2 is 1.82 bits per heavy atom. The summed E-state index contributed by atoms with van der Waals surface area (Å²) >= 11 is -2.80. The standard InChI is InChI=1S/C24H31Si.2ClH.Hf/c1-8-18-14-19-10-9-11-20(25(6)7)21(15(2)3)24(19)23(18)22-16(4)12-13-17(22)5;;;/h9-13,15-16,21H,8H2,1-7H3;2*1H;/q;;;+2/p-2. The van der Waals surface area contributed by atoms with Crippen LogP contribution in [0.2, 0.25) is 13.1 Å². The van der Waals surface area contributed by atoms with E-state index in [-0.39, 0.29) is 0 Å². The molecule has 3 aliphatic rings. The molecule has 0 heterocycles. The van der Waals surface area contributed by atoms with Crippen molar-refractivity contribution in [3.63, 3.8) is 0 Å². The molecule has 0 radical (unpaired) electrons. The topological polar surface area (TPSA) is 0 Å². The van der Waals surface area contributed by atoms with E-state index in [0.717, 1.165) is 6.42 Å². The molecule has 3 aliphatic carbocycles. The third kappa shape index (κ3) is 3.84. The fraction of sp³-hybridized carbons (Fsp3) is 0.458. The SMILES string of the molecule is CCC1=[C]([Hf]([Cl])[Cl])C2=CC=CC(=[Si](C)C)C(C(C)C)C2=C1C1=C(C)C=CC1C. The molecule has 0 aromatic heterocycles. The van der Waals surface area contributed by atoms with Gasteiger partial charge in [-0.1, -0.05) is 0 Å². The van der Waals surface area contributed by atoms with Crippen molar-refractivity contribution in [2.24, 2.45) is 17.8 Å². The van der Waals surface area contributed by atoms with E-state index in [1.807, 2.05) is 0 Å². The Hall–Kier alpha value is -0.0230. The normalized spacial score (nSPS) is 24.5. The van der Waals surface area contributed by atoms with E-state index in [1.165, 1.54) is 36.8 Å². The molecule has 4 heteroatoms. The predicted molar refractivity (Wildman–Crippen MR) is 125 cm³/mol. The van der Waals surface area contributed by atoms with Crippen molar-refractivity contribution in [2.45, 2.75) is 54.1 Å². The zero-order valence-electron chi connectivity index (χ0n) is 18.1. The summed E-state index contributed by atoms with van der Waals surface area (Å²) < 4.78 is 1.35. The Morgan fingerprint density at radius 1 is 1.14 bits per heavy atom. The second kappa shape index (κ2) is 9.00. The van der Waals surface area contributed by atoms with Crippen molar-refractivity contribution in [2.75, 3.05) is 0 Å². The van der Waals surface area contributed by atoms with Gasteiger partial charge in [0.05, 0.1) is 0 Å². The van der Waals surface area contributed by atoms with Gasteiger partial charge < -0.3 is 0 Å². The molecule has 0 aromatic carbocycles. The van der Waals surface area contributed by atoms with Crippen molar-refractivity contribution in [3.05, 3.63) is 67.1 Å². The number of rotatable bonds is 4. The first-order chi connectivity index (χ1) is 13.2. The van der Waals surface area contributed by atoms with Gasteiger partial charge in [-0.2, -0.15) is 0 Å². The van der Waals surface area contributed by atoms with E-state index in [9.17, 15) is 0 Å². The van der Waals surface area contributed by atoms with Gasteiger partial charge >= 0.3 is 189 Å². The first-order valence-electron chi connectivity index (χ1n) is 10.3. The van der Waals surface area contributed by atoms with Gasteiger partial charge in [0, 0.05) is 0 Å². The number of hydrogen-bond acceptors (Lipinski definition) is 0. The summed E-state index contributed by atoms with van der Waals surface area (Å²) in [4.78, 5) is 0. The molecule has 0 N–H and O–H groups in total. The number of fused-ring (bicyclic) bond motifs is 1. The monoisotopic (exact) mass is 597 g/mol. The van der Waals surface area contributed by atoms with Gasteiger partial charge in [0.1, 0.15) is 0 Å². The van der Waals surface area contributed by atoms with Gasteiger partial charge in [0.2, 0.25) is 0 Å². The predicted octanol–water partition coefficient (Wildman–Crippen LogP) is 7.69. The minimum absolute atomic E-state index is 0.449. The van der Waals surface area contributed by atoms with Crippen LogP contribution >= 0.6 is 17.2 Å². The van der Waals surface area contributed by atoms with Crippen molar-refractivity contribution in [3.8, 4) is 0 Å². The first-order valence-corrected chi connectivity index (χ1v) is 23.5. The van der Waals surface area contributed by atoms with Crippen LogP contribution in [0.1, 0.15) is 41.0 Å². The molecule has 149 valence electrons. The Morgan fingerprint density at radius 3 is 2.29 bits per heavy atom. The van der Waals surface area contributed by atoms with Crippen LogP contribution in [0.4, 0.5) is 0 Å². The van der Waals surface area contributed by atoms with Gasteiger partial charge in [-0.25, -0.2) is 0 Å². The Bertz CT molecular complexity index is 903. The van der Waals surface area contributed by atoms with E-state index < -0.39 is 27.5 Å². The van der Waals surface area contributed by atoms with Gasteiger partial charge in [0.25, 0.3) is 0 Å². The molecular weight excluding hydrogens is 566 g/mol. The third-order valence-electron chi connectivity index (χ3n) is 6.19. The van der Waals surface area contributed by atoms with Crippen LogP contribution in [0, 0.1) is 17.8 Å². The van der Waals surface area contributed by atoms with E-state index in [1.54, 1.807) is 5.17 Å². The summed E-state index contributed by atoms with van der Waals surface area (Å²) in [5.41, 5.74) is 8.73. The molecule has 28 heavy (non-hydrogen) atoms. The van der Waals surface area contributed by atoms with Crippen LogP contribution in [0.3, 0.4) is 0 Å². The molecule has 0 bridgehead atoms. The van der Waals surface area contributed by atoms with Crippen LogP contribution < -0.4 is 0 Å². The fourth-order valence-corrected chi connectivity index (χ4v) is 13.5. The van der Waals surface area contributed by atoms with E-state index in [2.05, 4.69) is 78.1 Å². The molecule has 0 saturated carbocycles. The fourth-order valence-electron chi connectivity index (χ4n) is 5.03. The number of hydrogen-bond donors (Lipinski definition) is 0. The van der Waals surface area contributed by atoms with Crippen LogP contribution in [-0.2, 0) is 19.1 Å². The average molecular weight is 597 g/mol. The average Bonchev–Trinajstić information content (AvgIpc) is 3.01. The summed E-state index contributed by atoms with van der Waals surface area (Å²) in [6, 6.07) is 0. The summed E-state index contributed by atoms with van der Waals surface area (Å²) in [6.45, 7) is 16.5. The molecule has 0 fully saturated rings.